The molecular formula is C18H13BrN4O3. The van der Waals surface area contributed by atoms with Gasteiger partial charge in [0.15, 0.2) is 0 Å². The first kappa shape index (κ1) is 16.3. The Hall–Kier alpha value is -3.13. The highest BCUT2D eigenvalue weighted by Gasteiger charge is 2.13. The second-order valence-corrected chi connectivity index (χ2v) is 6.75. The normalized spacial score (nSPS) is 11.8. The zero-order valence-electron chi connectivity index (χ0n) is 13.6. The van der Waals surface area contributed by atoms with Crippen molar-refractivity contribution < 1.29 is 5.11 Å². The number of aromatic amines is 2. The lowest BCUT2D eigenvalue weighted by Crippen LogP contribution is -2.32. The van der Waals surface area contributed by atoms with E-state index in [9.17, 15) is 14.7 Å². The Labute approximate surface area is 154 Å². The number of nitrogens with one attached hydrogen (secondary N) is 2. The Balaban J connectivity index is 1.92. The number of aromatic nitrogens is 3. The molecule has 2 heterocycles. The van der Waals surface area contributed by atoms with E-state index in [1.165, 1.54) is 6.21 Å². The number of para-hydroxylation sites is 1. The van der Waals surface area contributed by atoms with Gasteiger partial charge >= 0.3 is 11.2 Å². The summed E-state index contributed by atoms with van der Waals surface area (Å²) in [4.78, 5) is 30.8. The number of hydrogen-bond acceptors (Lipinski definition) is 4. The Morgan fingerprint density at radius 2 is 1.96 bits per heavy atom. The van der Waals surface area contributed by atoms with Gasteiger partial charge in [0.25, 0.3) is 0 Å². The Bertz CT molecular complexity index is 1310. The van der Waals surface area contributed by atoms with E-state index in [4.69, 9.17) is 0 Å². The molecule has 0 bridgehead atoms. The summed E-state index contributed by atoms with van der Waals surface area (Å²) in [5.41, 5.74) is 1.64. The molecule has 2 aromatic heterocycles. The van der Waals surface area contributed by atoms with Gasteiger partial charge in [-0.3, -0.25) is 4.79 Å². The number of nitrogens with zero attached hydrogens (tertiary/aromatic N) is 2. The van der Waals surface area contributed by atoms with Gasteiger partial charge in [0, 0.05) is 16.5 Å². The van der Waals surface area contributed by atoms with Gasteiger partial charge in [0.1, 0.15) is 11.3 Å². The minimum absolute atomic E-state index is 0.0251. The number of aromatic hydroxyl groups is 1. The molecule has 0 aliphatic heterocycles. The van der Waals surface area contributed by atoms with Crippen molar-refractivity contribution in [1.82, 2.24) is 14.6 Å². The molecule has 0 spiro atoms. The second kappa shape index (κ2) is 5.99. The summed E-state index contributed by atoms with van der Waals surface area (Å²) < 4.78 is 1.22. The Morgan fingerprint density at radius 3 is 2.77 bits per heavy atom. The molecule has 0 radical (unpaired) electrons. The first-order valence-electron chi connectivity index (χ1n) is 7.75. The molecule has 0 saturated carbocycles. The van der Waals surface area contributed by atoms with Crippen LogP contribution in [0.5, 0.6) is 5.75 Å². The molecular weight excluding hydrogens is 400 g/mol. The fourth-order valence-electron chi connectivity index (χ4n) is 2.82. The van der Waals surface area contributed by atoms with Crippen LogP contribution < -0.4 is 11.2 Å². The first-order chi connectivity index (χ1) is 12.5. The number of phenols is 1. The maximum atomic E-state index is 12.7. The van der Waals surface area contributed by atoms with Gasteiger partial charge in [0.2, 0.25) is 0 Å². The first-order valence-corrected chi connectivity index (χ1v) is 8.54. The van der Waals surface area contributed by atoms with Crippen LogP contribution in [0.3, 0.4) is 0 Å². The van der Waals surface area contributed by atoms with Crippen molar-refractivity contribution in [2.24, 2.45) is 5.10 Å². The molecule has 3 N–H and O–H groups in total. The van der Waals surface area contributed by atoms with E-state index in [0.717, 1.165) is 21.1 Å². The van der Waals surface area contributed by atoms with Gasteiger partial charge in [-0.2, -0.15) is 5.10 Å². The molecule has 130 valence electrons. The van der Waals surface area contributed by atoms with E-state index < -0.39 is 11.2 Å². The fourth-order valence-corrected chi connectivity index (χ4v) is 3.20. The zero-order chi connectivity index (χ0) is 18.4. The van der Waals surface area contributed by atoms with Crippen molar-refractivity contribution in [3.8, 4) is 5.75 Å². The lowest BCUT2D eigenvalue weighted by molar-refractivity contribution is 0.471. The highest BCUT2D eigenvalue weighted by molar-refractivity contribution is 9.10. The second-order valence-electron chi connectivity index (χ2n) is 5.89. The highest BCUT2D eigenvalue weighted by Crippen LogP contribution is 2.26. The predicted molar refractivity (Wildman–Crippen MR) is 104 cm³/mol. The van der Waals surface area contributed by atoms with Crippen LogP contribution >= 0.6 is 15.9 Å². The van der Waals surface area contributed by atoms with E-state index in [1.807, 2.05) is 25.1 Å². The maximum Gasteiger partial charge on any atom is 0.350 e. The van der Waals surface area contributed by atoms with E-state index in [-0.39, 0.29) is 11.3 Å². The molecule has 0 amide bonds. The molecule has 0 aliphatic carbocycles. The van der Waals surface area contributed by atoms with Crippen LogP contribution in [0.15, 0.2) is 55.6 Å². The summed E-state index contributed by atoms with van der Waals surface area (Å²) in [6.07, 6.45) is 1.26. The molecule has 0 atom stereocenters. The molecule has 4 rings (SSSR count). The van der Waals surface area contributed by atoms with E-state index >= 15 is 0 Å². The van der Waals surface area contributed by atoms with Gasteiger partial charge in [-0.1, -0.05) is 17.7 Å². The number of H-pyrrole nitrogens is 2. The smallest absolute Gasteiger partial charge is 0.350 e. The average Bonchev–Trinajstić information content (AvgIpc) is 2.96. The van der Waals surface area contributed by atoms with Crippen LogP contribution in [0, 0.1) is 6.92 Å². The standard InChI is InChI=1S/C18H13BrN4O3/c1-9-5-6-13-11(7-9)14-15(21-13)17(25)23(18(26)22-14)20-8-10-3-2-4-12(19)16(10)24/h2-8,21,24H,1H3,(H,22,26)/b20-8-. The molecule has 0 unspecified atom stereocenters. The van der Waals surface area contributed by atoms with Crippen molar-refractivity contribution in [1.29, 1.82) is 0 Å². The quantitative estimate of drug-likeness (QED) is 0.441. The predicted octanol–water partition coefficient (Wildman–Crippen LogP) is 2.83. The van der Waals surface area contributed by atoms with Gasteiger partial charge in [-0.25, -0.2) is 4.79 Å². The van der Waals surface area contributed by atoms with Crippen molar-refractivity contribution >= 4 is 44.1 Å². The van der Waals surface area contributed by atoms with E-state index in [1.54, 1.807) is 18.2 Å². The van der Waals surface area contributed by atoms with Crippen LogP contribution in [0.1, 0.15) is 11.1 Å². The number of hydrogen-bond donors (Lipinski definition) is 3. The molecule has 2 aromatic carbocycles. The summed E-state index contributed by atoms with van der Waals surface area (Å²) in [6.45, 7) is 1.94. The number of benzene rings is 2. The van der Waals surface area contributed by atoms with Crippen LogP contribution in [-0.4, -0.2) is 26.0 Å². The SMILES string of the molecule is Cc1ccc2[nH]c3c(=O)n(/N=C\c4cccc(Br)c4O)c(=O)[nH]c3c2c1. The lowest BCUT2D eigenvalue weighted by Gasteiger charge is -2.01. The molecule has 0 saturated heterocycles. The topological polar surface area (TPSA) is 103 Å². The summed E-state index contributed by atoms with van der Waals surface area (Å²) in [7, 11) is 0. The molecule has 4 aromatic rings. The summed E-state index contributed by atoms with van der Waals surface area (Å²) in [5.74, 6) is -0.0251. The monoisotopic (exact) mass is 412 g/mol. The number of phenolic OH excluding ortho intramolecular Hbond substituents is 1. The number of halogens is 1. The summed E-state index contributed by atoms with van der Waals surface area (Å²) >= 11 is 3.21. The van der Waals surface area contributed by atoms with Crippen LogP contribution in [-0.2, 0) is 0 Å². The van der Waals surface area contributed by atoms with Crippen LogP contribution in [0.25, 0.3) is 21.9 Å². The number of fused-ring (bicyclic) bond motifs is 3. The highest BCUT2D eigenvalue weighted by atomic mass is 79.9. The minimum atomic E-state index is -0.657. The molecule has 0 aliphatic rings. The van der Waals surface area contributed by atoms with Gasteiger partial charge in [0.05, 0.1) is 16.2 Å². The lowest BCUT2D eigenvalue weighted by atomic mass is 10.2. The van der Waals surface area contributed by atoms with E-state index in [0.29, 0.717) is 15.6 Å². The third-order valence-electron chi connectivity index (χ3n) is 4.11. The molecule has 0 fully saturated rings. The molecule has 8 heteroatoms. The average molecular weight is 413 g/mol. The maximum absolute atomic E-state index is 12.7. The van der Waals surface area contributed by atoms with Gasteiger partial charge in [-0.15, -0.1) is 4.68 Å². The largest absolute Gasteiger partial charge is 0.506 e. The van der Waals surface area contributed by atoms with Crippen molar-refractivity contribution in [3.05, 3.63) is 72.8 Å². The van der Waals surface area contributed by atoms with Crippen molar-refractivity contribution in [2.75, 3.05) is 0 Å². The van der Waals surface area contributed by atoms with E-state index in [2.05, 4.69) is 31.0 Å². The molecule has 7 nitrogen and oxygen atoms in total. The number of rotatable bonds is 2. The van der Waals surface area contributed by atoms with Crippen molar-refractivity contribution in [3.63, 3.8) is 0 Å². The minimum Gasteiger partial charge on any atom is -0.506 e. The number of aryl methyl sites for hydroxylation is 1. The summed E-state index contributed by atoms with van der Waals surface area (Å²) in [6, 6.07) is 10.7. The van der Waals surface area contributed by atoms with Crippen LogP contribution in [0.4, 0.5) is 0 Å². The Morgan fingerprint density at radius 1 is 1.15 bits per heavy atom. The third kappa shape index (κ3) is 2.55. The summed E-state index contributed by atoms with van der Waals surface area (Å²) in [5, 5.41) is 14.7. The third-order valence-corrected chi connectivity index (χ3v) is 4.75. The Kier molecular flexibility index (Phi) is 3.77. The van der Waals surface area contributed by atoms with Gasteiger partial charge < -0.3 is 15.1 Å². The zero-order valence-corrected chi connectivity index (χ0v) is 15.2. The van der Waals surface area contributed by atoms with Gasteiger partial charge in [-0.05, 0) is 47.1 Å². The van der Waals surface area contributed by atoms with Crippen LogP contribution in [0.2, 0.25) is 0 Å². The molecule has 26 heavy (non-hydrogen) atoms. The fraction of sp³-hybridized carbons (Fsp3) is 0.0556. The van der Waals surface area contributed by atoms with Crippen molar-refractivity contribution in [2.45, 2.75) is 6.92 Å².